The molecule has 1 heterocycles. The molecule has 0 spiro atoms. The Labute approximate surface area is 146 Å². The molecule has 25 heavy (non-hydrogen) atoms. The molecule has 5 heteroatoms. The molecule has 5 nitrogen and oxygen atoms in total. The van der Waals surface area contributed by atoms with Gasteiger partial charge in [0.15, 0.2) is 11.5 Å². The molecule has 0 fully saturated rings. The number of hydrogen-bond donors (Lipinski definition) is 1. The highest BCUT2D eigenvalue weighted by Gasteiger charge is 2.14. The maximum Gasteiger partial charge on any atom is 0.273 e. The van der Waals surface area contributed by atoms with Gasteiger partial charge in [0.25, 0.3) is 5.91 Å². The van der Waals surface area contributed by atoms with E-state index in [1.165, 1.54) is 11.1 Å². The Kier molecular flexibility index (Phi) is 4.84. The molecule has 1 amide bonds. The van der Waals surface area contributed by atoms with Gasteiger partial charge in [-0.1, -0.05) is 29.4 Å². The highest BCUT2D eigenvalue weighted by Crippen LogP contribution is 2.23. The SMILES string of the molecule is COc1ccc(CNC(=O)c2cc(-c3ccc(C)c(C)c3)on2)cc1. The summed E-state index contributed by atoms with van der Waals surface area (Å²) in [5.41, 5.74) is 4.53. The van der Waals surface area contributed by atoms with Crippen molar-refractivity contribution in [3.63, 3.8) is 0 Å². The van der Waals surface area contributed by atoms with Crippen LogP contribution in [0.5, 0.6) is 5.75 Å². The van der Waals surface area contributed by atoms with Gasteiger partial charge in [0, 0.05) is 18.2 Å². The van der Waals surface area contributed by atoms with Crippen LogP contribution in [-0.4, -0.2) is 18.2 Å². The summed E-state index contributed by atoms with van der Waals surface area (Å²) in [6.07, 6.45) is 0. The van der Waals surface area contributed by atoms with Crippen LogP contribution in [0.1, 0.15) is 27.2 Å². The van der Waals surface area contributed by atoms with E-state index in [9.17, 15) is 4.79 Å². The second kappa shape index (κ2) is 7.21. The summed E-state index contributed by atoms with van der Waals surface area (Å²) in [6.45, 7) is 4.50. The highest BCUT2D eigenvalue weighted by molar-refractivity contribution is 5.93. The van der Waals surface area contributed by atoms with Crippen molar-refractivity contribution in [2.45, 2.75) is 20.4 Å². The summed E-state index contributed by atoms with van der Waals surface area (Å²) in [7, 11) is 1.62. The van der Waals surface area contributed by atoms with Gasteiger partial charge in [-0.3, -0.25) is 4.79 Å². The lowest BCUT2D eigenvalue weighted by Crippen LogP contribution is -2.22. The first-order valence-electron chi connectivity index (χ1n) is 8.02. The minimum atomic E-state index is -0.269. The van der Waals surface area contributed by atoms with Gasteiger partial charge in [-0.05, 0) is 48.7 Å². The molecule has 128 valence electrons. The number of aromatic nitrogens is 1. The van der Waals surface area contributed by atoms with E-state index in [1.807, 2.05) is 49.4 Å². The van der Waals surface area contributed by atoms with Gasteiger partial charge in [0.2, 0.25) is 0 Å². The van der Waals surface area contributed by atoms with Crippen LogP contribution < -0.4 is 10.1 Å². The minimum Gasteiger partial charge on any atom is -0.497 e. The van der Waals surface area contributed by atoms with E-state index in [4.69, 9.17) is 9.26 Å². The van der Waals surface area contributed by atoms with E-state index >= 15 is 0 Å². The molecule has 0 saturated heterocycles. The number of nitrogens with zero attached hydrogens (tertiary/aromatic N) is 1. The van der Waals surface area contributed by atoms with Crippen LogP contribution in [0.25, 0.3) is 11.3 Å². The van der Waals surface area contributed by atoms with Crippen LogP contribution in [0.4, 0.5) is 0 Å². The van der Waals surface area contributed by atoms with Crippen molar-refractivity contribution in [3.8, 4) is 17.1 Å². The third kappa shape index (κ3) is 3.88. The monoisotopic (exact) mass is 336 g/mol. The number of methoxy groups -OCH3 is 1. The fourth-order valence-electron chi connectivity index (χ4n) is 2.43. The van der Waals surface area contributed by atoms with E-state index < -0.39 is 0 Å². The van der Waals surface area contributed by atoms with E-state index in [1.54, 1.807) is 13.2 Å². The van der Waals surface area contributed by atoms with Crippen molar-refractivity contribution in [3.05, 3.63) is 70.9 Å². The zero-order valence-electron chi connectivity index (χ0n) is 14.5. The normalized spacial score (nSPS) is 10.5. The van der Waals surface area contributed by atoms with Crippen molar-refractivity contribution < 1.29 is 14.1 Å². The Bertz CT molecular complexity index is 882. The van der Waals surface area contributed by atoms with E-state index in [0.717, 1.165) is 16.9 Å². The molecule has 0 saturated carbocycles. The summed E-state index contributed by atoms with van der Waals surface area (Å²) < 4.78 is 10.4. The van der Waals surface area contributed by atoms with E-state index in [0.29, 0.717) is 12.3 Å². The topological polar surface area (TPSA) is 64.4 Å². The smallest absolute Gasteiger partial charge is 0.273 e. The third-order valence-corrected chi connectivity index (χ3v) is 4.15. The number of ether oxygens (including phenoxy) is 1. The van der Waals surface area contributed by atoms with Gasteiger partial charge >= 0.3 is 0 Å². The molecular formula is C20H20N2O3. The number of nitrogens with one attached hydrogen (secondary N) is 1. The van der Waals surface area contributed by atoms with Crippen LogP contribution in [0, 0.1) is 13.8 Å². The summed E-state index contributed by atoms with van der Waals surface area (Å²) >= 11 is 0. The Hall–Kier alpha value is -3.08. The summed E-state index contributed by atoms with van der Waals surface area (Å²) in [5.74, 6) is 1.09. The number of carbonyl (C=O) groups excluding carboxylic acids is 1. The second-order valence-electron chi connectivity index (χ2n) is 5.91. The maximum absolute atomic E-state index is 12.2. The maximum atomic E-state index is 12.2. The van der Waals surface area contributed by atoms with Crippen LogP contribution in [0.15, 0.2) is 53.1 Å². The third-order valence-electron chi connectivity index (χ3n) is 4.15. The molecular weight excluding hydrogens is 316 g/mol. The molecule has 0 radical (unpaired) electrons. The molecule has 0 bridgehead atoms. The van der Waals surface area contributed by atoms with Crippen molar-refractivity contribution >= 4 is 5.91 Å². The lowest BCUT2D eigenvalue weighted by Gasteiger charge is -2.04. The first-order valence-corrected chi connectivity index (χ1v) is 8.02. The molecule has 0 unspecified atom stereocenters. The molecule has 0 aliphatic heterocycles. The summed E-state index contributed by atoms with van der Waals surface area (Å²) in [5, 5.41) is 6.71. The van der Waals surface area contributed by atoms with Gasteiger partial charge in [-0.15, -0.1) is 0 Å². The fourth-order valence-corrected chi connectivity index (χ4v) is 2.43. The number of rotatable bonds is 5. The standard InChI is InChI=1S/C20H20N2O3/c1-13-4-7-16(10-14(13)2)19-11-18(22-25-19)20(23)21-12-15-5-8-17(24-3)9-6-15/h4-11H,12H2,1-3H3,(H,21,23). The predicted octanol–water partition coefficient (Wildman–Crippen LogP) is 3.90. The number of benzene rings is 2. The molecule has 0 aliphatic rings. The Balaban J connectivity index is 1.66. The lowest BCUT2D eigenvalue weighted by atomic mass is 10.0. The zero-order chi connectivity index (χ0) is 17.8. The second-order valence-corrected chi connectivity index (χ2v) is 5.91. The summed E-state index contributed by atoms with van der Waals surface area (Å²) in [4.78, 5) is 12.2. The van der Waals surface area contributed by atoms with Crippen LogP contribution in [0.2, 0.25) is 0 Å². The number of amides is 1. The first kappa shape index (κ1) is 16.8. The molecule has 0 aliphatic carbocycles. The molecule has 3 rings (SSSR count). The van der Waals surface area contributed by atoms with Crippen molar-refractivity contribution in [2.75, 3.05) is 7.11 Å². The van der Waals surface area contributed by atoms with E-state index in [-0.39, 0.29) is 11.6 Å². The van der Waals surface area contributed by atoms with E-state index in [2.05, 4.69) is 17.4 Å². The number of aryl methyl sites for hydroxylation is 2. The number of carbonyl (C=O) groups is 1. The van der Waals surface area contributed by atoms with Gasteiger partial charge in [0.05, 0.1) is 7.11 Å². The average Bonchev–Trinajstić information content (AvgIpc) is 3.12. The molecule has 0 atom stereocenters. The molecule has 3 aromatic rings. The van der Waals surface area contributed by atoms with Crippen LogP contribution >= 0.6 is 0 Å². The molecule has 2 aromatic carbocycles. The highest BCUT2D eigenvalue weighted by atomic mass is 16.5. The van der Waals surface area contributed by atoms with Gasteiger partial charge in [-0.2, -0.15) is 0 Å². The minimum absolute atomic E-state index is 0.265. The van der Waals surface area contributed by atoms with Crippen LogP contribution in [0.3, 0.4) is 0 Å². The Morgan fingerprint density at radius 3 is 2.52 bits per heavy atom. The fraction of sp³-hybridized carbons (Fsp3) is 0.200. The Morgan fingerprint density at radius 1 is 1.08 bits per heavy atom. The predicted molar refractivity (Wildman–Crippen MR) is 95.6 cm³/mol. The summed E-state index contributed by atoms with van der Waals surface area (Å²) in [6, 6.07) is 15.2. The average molecular weight is 336 g/mol. The van der Waals surface area contributed by atoms with Gasteiger partial charge in [-0.25, -0.2) is 0 Å². The molecule has 1 N–H and O–H groups in total. The molecule has 1 aromatic heterocycles. The lowest BCUT2D eigenvalue weighted by molar-refractivity contribution is 0.0942. The van der Waals surface area contributed by atoms with Gasteiger partial charge in [0.1, 0.15) is 5.75 Å². The van der Waals surface area contributed by atoms with Crippen molar-refractivity contribution in [1.82, 2.24) is 10.5 Å². The van der Waals surface area contributed by atoms with Crippen molar-refractivity contribution in [1.29, 1.82) is 0 Å². The van der Waals surface area contributed by atoms with Gasteiger partial charge < -0.3 is 14.6 Å². The zero-order valence-corrected chi connectivity index (χ0v) is 14.5. The Morgan fingerprint density at radius 2 is 1.84 bits per heavy atom. The first-order chi connectivity index (χ1) is 12.1. The van der Waals surface area contributed by atoms with Crippen LogP contribution in [-0.2, 0) is 6.54 Å². The number of hydrogen-bond acceptors (Lipinski definition) is 4. The largest absolute Gasteiger partial charge is 0.497 e. The van der Waals surface area contributed by atoms with Crippen molar-refractivity contribution in [2.24, 2.45) is 0 Å². The quantitative estimate of drug-likeness (QED) is 0.767.